The van der Waals surface area contributed by atoms with E-state index in [1.165, 1.54) is 110 Å². The maximum absolute atomic E-state index is 11.6. The molecule has 0 bridgehead atoms. The van der Waals surface area contributed by atoms with E-state index in [2.05, 4.69) is 19.1 Å². The van der Waals surface area contributed by atoms with Gasteiger partial charge in [-0.25, -0.2) is 8.42 Å². The molecular formula is C35H69CaNO12S. The maximum atomic E-state index is 11.6. The summed E-state index contributed by atoms with van der Waals surface area (Å²) >= 11 is 0. The van der Waals surface area contributed by atoms with E-state index in [-0.39, 0.29) is 55.4 Å². The number of rotatable bonds is 28. The minimum absolute atomic E-state index is 0. The Balaban J connectivity index is -0.000000434. The number of aliphatic carboxylic acids is 1. The maximum Gasteiger partial charge on any atom is 2.00 e. The van der Waals surface area contributed by atoms with Gasteiger partial charge in [0.15, 0.2) is 0 Å². The van der Waals surface area contributed by atoms with Crippen LogP contribution in [0.4, 0.5) is 0 Å². The third kappa shape index (κ3) is 38.8. The van der Waals surface area contributed by atoms with Gasteiger partial charge in [0.05, 0.1) is 29.3 Å². The summed E-state index contributed by atoms with van der Waals surface area (Å²) in [6.45, 7) is 7.13. The van der Waals surface area contributed by atoms with Gasteiger partial charge in [-0.05, 0) is 38.0 Å². The second-order valence-electron chi connectivity index (χ2n) is 12.6. The first-order chi connectivity index (χ1) is 23.1. The smallest absolute Gasteiger partial charge is 0.748 e. The van der Waals surface area contributed by atoms with Crippen molar-refractivity contribution in [3.63, 3.8) is 0 Å². The van der Waals surface area contributed by atoms with Gasteiger partial charge in [-0.2, -0.15) is 0 Å². The Bertz CT molecular complexity index is 908. The first kappa shape index (κ1) is 56.4. The van der Waals surface area contributed by atoms with Crippen molar-refractivity contribution in [3.05, 3.63) is 12.2 Å². The number of carboxylic acids is 1. The summed E-state index contributed by atoms with van der Waals surface area (Å²) in [6, 6.07) is -0.480. The summed E-state index contributed by atoms with van der Waals surface area (Å²) in [5.41, 5.74) is 5.77. The van der Waals surface area contributed by atoms with Gasteiger partial charge in [0, 0.05) is 5.75 Å². The number of nitrogens with two attached hydrogens (primary N) is 1. The number of carboxylic acid groups (broad SMARTS) is 1. The van der Waals surface area contributed by atoms with Gasteiger partial charge in [0.2, 0.25) is 0 Å². The molecule has 0 aromatic rings. The molecule has 7 N–H and O–H groups in total. The van der Waals surface area contributed by atoms with E-state index >= 15 is 0 Å². The Labute approximate surface area is 332 Å². The topological polar surface area (TPSA) is 251 Å². The Kier molecular flexibility index (Phi) is 43.2. The van der Waals surface area contributed by atoms with Crippen molar-refractivity contribution in [2.24, 2.45) is 11.7 Å². The van der Waals surface area contributed by atoms with Crippen LogP contribution in [0.25, 0.3) is 0 Å². The first-order valence-electron chi connectivity index (χ1n) is 18.1. The second kappa shape index (κ2) is 38.3. The number of ether oxygens (including phenoxy) is 1. The van der Waals surface area contributed by atoms with Gasteiger partial charge in [-0.15, -0.1) is 0 Å². The van der Waals surface area contributed by atoms with Crippen molar-refractivity contribution >= 4 is 59.8 Å². The fourth-order valence-corrected chi connectivity index (χ4v) is 4.26. The molecule has 0 radical (unpaired) electrons. The molecule has 0 aliphatic heterocycles. The van der Waals surface area contributed by atoms with Gasteiger partial charge >= 0.3 is 43.7 Å². The molecule has 0 aliphatic rings. The Morgan fingerprint density at radius 1 is 0.740 bits per heavy atom. The summed E-state index contributed by atoms with van der Waals surface area (Å²) in [4.78, 5) is 21.6. The van der Waals surface area contributed by atoms with Crippen LogP contribution in [-0.4, -0.2) is 138 Å². The van der Waals surface area contributed by atoms with Crippen molar-refractivity contribution in [2.75, 3.05) is 19.0 Å². The predicted molar refractivity (Wildman–Crippen MR) is 194 cm³/mol. The minimum atomic E-state index is -3.91. The van der Waals surface area contributed by atoms with Crippen LogP contribution in [0.3, 0.4) is 0 Å². The zero-order valence-electron chi connectivity index (χ0n) is 31.3. The molecule has 50 heavy (non-hydrogen) atoms. The number of aliphatic hydroxyl groups is 5. The predicted octanol–water partition coefficient (Wildman–Crippen LogP) is 2.45. The second-order valence-corrected chi connectivity index (χ2v) is 14.3. The zero-order chi connectivity index (χ0) is 38.1. The molecule has 0 amide bonds. The third-order valence-electron chi connectivity index (χ3n) is 7.74. The Hall–Kier alpha value is -0.390. The molecule has 0 heterocycles. The van der Waals surface area contributed by atoms with Crippen LogP contribution >= 0.6 is 0 Å². The molecule has 0 rings (SSSR count). The number of aliphatic hydroxyl groups excluding tert-OH is 5. The molecule has 15 heteroatoms. The van der Waals surface area contributed by atoms with Gasteiger partial charge in [0.25, 0.3) is 0 Å². The van der Waals surface area contributed by atoms with E-state index in [0.29, 0.717) is 6.61 Å². The van der Waals surface area contributed by atoms with Crippen molar-refractivity contribution in [1.29, 1.82) is 0 Å². The van der Waals surface area contributed by atoms with Crippen LogP contribution in [-0.2, 0) is 24.4 Å². The molecule has 0 aromatic carbocycles. The van der Waals surface area contributed by atoms with Crippen LogP contribution in [0.15, 0.2) is 12.2 Å². The van der Waals surface area contributed by atoms with Crippen molar-refractivity contribution in [1.82, 2.24) is 0 Å². The summed E-state index contributed by atoms with van der Waals surface area (Å²) in [5, 5.41) is 53.4. The molecule has 0 spiro atoms. The molecule has 0 saturated heterocycles. The number of hydrogen-bond donors (Lipinski definition) is 6. The van der Waals surface area contributed by atoms with Crippen LogP contribution < -0.4 is 10.8 Å². The van der Waals surface area contributed by atoms with Gasteiger partial charge < -0.3 is 50.5 Å². The first-order valence-corrected chi connectivity index (χ1v) is 19.7. The molecule has 0 aromatic heterocycles. The monoisotopic (exact) mass is 767 g/mol. The molecule has 0 aliphatic carbocycles. The van der Waals surface area contributed by atoms with E-state index < -0.39 is 53.2 Å². The molecule has 294 valence electrons. The number of esters is 1. The van der Waals surface area contributed by atoms with Crippen LogP contribution in [0.1, 0.15) is 143 Å². The SMILES string of the molecule is CCCCCCCC/C=C/CCCCCCCCCCCCOC(=O)[C@@H](N)C(C)C.CCS(=O)(=O)[O-].O=C([O-])[C@H](O)[C@@H](O)[C@H](O)[C@H](O)CO.[Ca+2]. The summed E-state index contributed by atoms with van der Waals surface area (Å²) in [5.74, 6) is -2.40. The van der Waals surface area contributed by atoms with Crippen LogP contribution in [0, 0.1) is 5.92 Å². The summed E-state index contributed by atoms with van der Waals surface area (Å²) < 4.78 is 33.6. The number of hydrogen-bond acceptors (Lipinski definition) is 13. The van der Waals surface area contributed by atoms with E-state index in [1.54, 1.807) is 0 Å². The fourth-order valence-electron chi connectivity index (χ4n) is 4.26. The Morgan fingerprint density at radius 2 is 1.12 bits per heavy atom. The zero-order valence-corrected chi connectivity index (χ0v) is 34.3. The molecule has 5 atom stereocenters. The van der Waals surface area contributed by atoms with Crippen LogP contribution in [0.2, 0.25) is 0 Å². The number of carbonyl (C=O) groups excluding carboxylic acids is 2. The standard InChI is InChI=1S/C27H53NO2.C6H12O7.C2H6O3S.Ca/c1-4-5-6-7-8-9-10-11-12-13-14-15-16-17-18-19-20-21-22-23-24-30-27(29)26(28)25(2)3;7-1-2(8)3(9)4(10)5(11)6(12)13;1-2-6(3,4)5;/h11-12,25-26H,4-10,13-24,28H2,1-3H3;2-5,7-11H,1H2,(H,12,13);2H2,1H3,(H,3,4,5);/q;;;+2/p-2/b12-11+;;;/t26-;2-,3-,4+,5-;;/m01../s1. The molecule has 0 saturated carbocycles. The number of allylic oxidation sites excluding steroid dienone is 2. The molecule has 13 nitrogen and oxygen atoms in total. The number of unbranched alkanes of at least 4 members (excludes halogenated alkanes) is 16. The summed E-state index contributed by atoms with van der Waals surface area (Å²) in [6.07, 6.45) is 20.5. The third-order valence-corrected chi connectivity index (χ3v) is 8.45. The average molecular weight is 768 g/mol. The molecule has 0 unspecified atom stereocenters. The quantitative estimate of drug-likeness (QED) is 0.0220. The largest absolute Gasteiger partial charge is 2.00 e. The van der Waals surface area contributed by atoms with Crippen molar-refractivity contribution in [3.8, 4) is 0 Å². The van der Waals surface area contributed by atoms with Crippen LogP contribution in [0.5, 0.6) is 0 Å². The number of carbonyl (C=O) groups is 2. The van der Waals surface area contributed by atoms with Gasteiger partial charge in [-0.3, -0.25) is 4.79 Å². The van der Waals surface area contributed by atoms with Crippen molar-refractivity contribution in [2.45, 2.75) is 174 Å². The van der Waals surface area contributed by atoms with Gasteiger partial charge in [-0.1, -0.05) is 123 Å². The summed E-state index contributed by atoms with van der Waals surface area (Å²) in [7, 11) is -3.91. The average Bonchev–Trinajstić information content (AvgIpc) is 3.07. The van der Waals surface area contributed by atoms with E-state index in [1.807, 2.05) is 13.8 Å². The Morgan fingerprint density at radius 3 is 1.46 bits per heavy atom. The van der Waals surface area contributed by atoms with E-state index in [9.17, 15) is 27.7 Å². The normalized spacial score (nSPS) is 14.3. The molecule has 0 fully saturated rings. The molecular weight excluding hydrogens is 699 g/mol. The van der Waals surface area contributed by atoms with E-state index in [0.717, 1.165) is 12.8 Å². The minimum Gasteiger partial charge on any atom is -0.748 e. The van der Waals surface area contributed by atoms with Gasteiger partial charge in [0.1, 0.15) is 30.5 Å². The fraction of sp³-hybridized carbons (Fsp3) is 0.886. The van der Waals surface area contributed by atoms with Crippen molar-refractivity contribution < 1.29 is 57.9 Å². The van der Waals surface area contributed by atoms with E-state index in [4.69, 9.17) is 36.0 Å².